The van der Waals surface area contributed by atoms with E-state index in [2.05, 4.69) is 5.32 Å². The molecular formula is C15H15Cl2NO6S. The Kier molecular flexibility index (Phi) is 6.50. The summed E-state index contributed by atoms with van der Waals surface area (Å²) in [4.78, 5) is -0.444. The fourth-order valence-electron chi connectivity index (χ4n) is 1.90. The second-order valence-corrected chi connectivity index (χ2v) is 7.26. The van der Waals surface area contributed by atoms with E-state index < -0.39 is 27.7 Å². The lowest BCUT2D eigenvalue weighted by Crippen LogP contribution is -2.23. The van der Waals surface area contributed by atoms with E-state index in [1.165, 1.54) is 24.3 Å². The highest BCUT2D eigenvalue weighted by Gasteiger charge is 2.18. The fraction of sp³-hybridized carbons (Fsp3) is 0.200. The van der Waals surface area contributed by atoms with Crippen LogP contribution in [0.5, 0.6) is 11.5 Å². The number of hydrogen-bond donors (Lipinski definition) is 4. The summed E-state index contributed by atoms with van der Waals surface area (Å²) in [6, 6.07) is 8.45. The summed E-state index contributed by atoms with van der Waals surface area (Å²) in [5.41, 5.74) is 0.0459. The first-order valence-electron chi connectivity index (χ1n) is 6.98. The van der Waals surface area contributed by atoms with Crippen molar-refractivity contribution in [3.63, 3.8) is 0 Å². The van der Waals surface area contributed by atoms with E-state index in [0.717, 1.165) is 6.07 Å². The van der Waals surface area contributed by atoms with Crippen LogP contribution in [0.25, 0.3) is 0 Å². The van der Waals surface area contributed by atoms with Gasteiger partial charge in [-0.25, -0.2) is 0 Å². The highest BCUT2D eigenvalue weighted by Crippen LogP contribution is 2.34. The number of benzene rings is 2. The average molecular weight is 408 g/mol. The minimum Gasteiger partial charge on any atom is -0.456 e. The number of aliphatic hydroxyl groups excluding tert-OH is 2. The molecule has 0 heterocycles. The summed E-state index contributed by atoms with van der Waals surface area (Å²) >= 11 is 11.8. The summed E-state index contributed by atoms with van der Waals surface area (Å²) in [5, 5.41) is 21.4. The van der Waals surface area contributed by atoms with Gasteiger partial charge in [0.1, 0.15) is 16.4 Å². The molecule has 0 aromatic heterocycles. The fourth-order valence-corrected chi connectivity index (χ4v) is 3.03. The first kappa shape index (κ1) is 19.8. The molecule has 0 spiro atoms. The molecule has 2 aromatic carbocycles. The molecule has 0 bridgehead atoms. The van der Waals surface area contributed by atoms with Crippen LogP contribution in [-0.4, -0.2) is 42.4 Å². The number of rotatable bonds is 7. The second kappa shape index (κ2) is 8.22. The van der Waals surface area contributed by atoms with Crippen molar-refractivity contribution >= 4 is 39.0 Å². The number of halogens is 2. The molecule has 7 nitrogen and oxygen atoms in total. The Labute approximate surface area is 154 Å². The SMILES string of the molecule is O=S(=O)(O)c1cc(Oc2ccc(Cl)cc2Cl)ccc1NCC(O)CO. The molecule has 0 aliphatic carbocycles. The topological polar surface area (TPSA) is 116 Å². The van der Waals surface area contributed by atoms with Gasteiger partial charge in [-0.05, 0) is 30.3 Å². The van der Waals surface area contributed by atoms with Crippen molar-refractivity contribution in [3.8, 4) is 11.5 Å². The van der Waals surface area contributed by atoms with Crippen LogP contribution in [-0.2, 0) is 10.1 Å². The van der Waals surface area contributed by atoms with Crippen LogP contribution in [0.1, 0.15) is 0 Å². The first-order chi connectivity index (χ1) is 11.7. The normalized spacial score (nSPS) is 12.7. The Bertz CT molecular complexity index is 859. The molecule has 0 saturated heterocycles. The molecule has 2 rings (SSSR count). The molecule has 0 aliphatic heterocycles. The Morgan fingerprint density at radius 1 is 1.16 bits per heavy atom. The van der Waals surface area contributed by atoms with Crippen molar-refractivity contribution in [1.29, 1.82) is 0 Å². The van der Waals surface area contributed by atoms with E-state index in [-0.39, 0.29) is 28.8 Å². The van der Waals surface area contributed by atoms with E-state index in [4.69, 9.17) is 33.0 Å². The number of nitrogens with one attached hydrogen (secondary N) is 1. The van der Waals surface area contributed by atoms with Crippen molar-refractivity contribution in [2.24, 2.45) is 0 Å². The van der Waals surface area contributed by atoms with Gasteiger partial charge in [-0.15, -0.1) is 0 Å². The van der Waals surface area contributed by atoms with Gasteiger partial charge in [0.05, 0.1) is 23.4 Å². The van der Waals surface area contributed by atoms with Crippen molar-refractivity contribution in [3.05, 3.63) is 46.4 Å². The molecule has 10 heteroatoms. The number of aliphatic hydroxyl groups is 2. The summed E-state index contributed by atoms with van der Waals surface area (Å²) in [6.45, 7) is -0.604. The van der Waals surface area contributed by atoms with Gasteiger partial charge in [0.2, 0.25) is 0 Å². The Morgan fingerprint density at radius 3 is 2.48 bits per heavy atom. The number of ether oxygens (including phenoxy) is 1. The minimum absolute atomic E-state index is 0.0459. The molecule has 2 aromatic rings. The lowest BCUT2D eigenvalue weighted by molar-refractivity contribution is 0.105. The summed E-state index contributed by atoms with van der Waals surface area (Å²) in [5.74, 6) is 0.369. The molecule has 4 N–H and O–H groups in total. The van der Waals surface area contributed by atoms with Crippen molar-refractivity contribution < 1.29 is 27.9 Å². The van der Waals surface area contributed by atoms with E-state index in [0.29, 0.717) is 5.02 Å². The van der Waals surface area contributed by atoms with E-state index >= 15 is 0 Å². The maximum atomic E-state index is 11.6. The monoisotopic (exact) mass is 407 g/mol. The van der Waals surface area contributed by atoms with Gasteiger partial charge >= 0.3 is 0 Å². The summed E-state index contributed by atoms with van der Waals surface area (Å²) in [7, 11) is -4.56. The van der Waals surface area contributed by atoms with Crippen LogP contribution < -0.4 is 10.1 Å². The Morgan fingerprint density at radius 2 is 1.88 bits per heavy atom. The van der Waals surface area contributed by atoms with Crippen LogP contribution in [0, 0.1) is 0 Å². The molecule has 0 saturated carbocycles. The van der Waals surface area contributed by atoms with Crippen LogP contribution in [0.4, 0.5) is 5.69 Å². The highest BCUT2D eigenvalue weighted by atomic mass is 35.5. The van der Waals surface area contributed by atoms with Gasteiger partial charge in [-0.3, -0.25) is 4.55 Å². The van der Waals surface area contributed by atoms with Crippen molar-refractivity contribution in [1.82, 2.24) is 0 Å². The third-order valence-electron chi connectivity index (χ3n) is 3.09. The first-order valence-corrected chi connectivity index (χ1v) is 9.17. The molecule has 136 valence electrons. The molecule has 0 aliphatic rings. The molecule has 1 unspecified atom stereocenters. The zero-order valence-corrected chi connectivity index (χ0v) is 15.0. The number of hydrogen-bond acceptors (Lipinski definition) is 6. The smallest absolute Gasteiger partial charge is 0.296 e. The second-order valence-electron chi connectivity index (χ2n) is 5.03. The standard InChI is InChI=1S/C15H15Cl2NO6S/c16-9-1-4-14(12(17)5-9)24-11-2-3-13(18-7-10(20)8-19)15(6-11)25(21,22)23/h1-6,10,18-20H,7-8H2,(H,21,22,23). The molecule has 1 atom stereocenters. The third-order valence-corrected chi connectivity index (χ3v) is 4.52. The van der Waals surface area contributed by atoms with Crippen molar-refractivity contribution in [2.75, 3.05) is 18.5 Å². The molecule has 0 radical (unpaired) electrons. The maximum Gasteiger partial charge on any atom is 0.296 e. The van der Waals surface area contributed by atoms with Crippen molar-refractivity contribution in [2.45, 2.75) is 11.0 Å². The zero-order valence-electron chi connectivity index (χ0n) is 12.7. The molecule has 0 amide bonds. The minimum atomic E-state index is -4.56. The zero-order chi connectivity index (χ0) is 18.6. The quantitative estimate of drug-likeness (QED) is 0.521. The highest BCUT2D eigenvalue weighted by molar-refractivity contribution is 7.86. The third kappa shape index (κ3) is 5.46. The average Bonchev–Trinajstić information content (AvgIpc) is 2.55. The van der Waals surface area contributed by atoms with Gasteiger partial charge in [0.25, 0.3) is 10.1 Å². The van der Waals surface area contributed by atoms with Gasteiger partial charge in [-0.1, -0.05) is 23.2 Å². The number of anilines is 1. The molecular weight excluding hydrogens is 393 g/mol. The van der Waals surface area contributed by atoms with Gasteiger partial charge < -0.3 is 20.3 Å². The van der Waals surface area contributed by atoms with E-state index in [9.17, 15) is 18.1 Å². The maximum absolute atomic E-state index is 11.6. The summed E-state index contributed by atoms with van der Waals surface area (Å²) < 4.78 is 38.1. The van der Waals surface area contributed by atoms with Gasteiger partial charge in [0, 0.05) is 17.6 Å². The largest absolute Gasteiger partial charge is 0.456 e. The lowest BCUT2D eigenvalue weighted by Gasteiger charge is -2.14. The van der Waals surface area contributed by atoms with Crippen LogP contribution in [0.15, 0.2) is 41.3 Å². The van der Waals surface area contributed by atoms with E-state index in [1.807, 2.05) is 0 Å². The van der Waals surface area contributed by atoms with E-state index in [1.54, 1.807) is 6.07 Å². The Hall–Kier alpha value is -1.55. The van der Waals surface area contributed by atoms with Crippen LogP contribution in [0.3, 0.4) is 0 Å². The summed E-state index contributed by atoms with van der Waals surface area (Å²) in [6.07, 6.45) is -1.09. The van der Waals surface area contributed by atoms with Crippen LogP contribution in [0.2, 0.25) is 10.0 Å². The van der Waals surface area contributed by atoms with Gasteiger partial charge in [0.15, 0.2) is 0 Å². The van der Waals surface area contributed by atoms with Crippen LogP contribution >= 0.6 is 23.2 Å². The lowest BCUT2D eigenvalue weighted by atomic mass is 10.2. The molecule has 0 fully saturated rings. The predicted octanol–water partition coefficient (Wildman–Crippen LogP) is 2.80. The molecule has 25 heavy (non-hydrogen) atoms. The Balaban J connectivity index is 2.32. The predicted molar refractivity (Wildman–Crippen MR) is 94.4 cm³/mol. The van der Waals surface area contributed by atoms with Gasteiger partial charge in [-0.2, -0.15) is 8.42 Å².